The maximum absolute atomic E-state index is 12.2. The van der Waals surface area contributed by atoms with Crippen LogP contribution in [0, 0.1) is 0 Å². The highest BCUT2D eigenvalue weighted by molar-refractivity contribution is 9.10. The van der Waals surface area contributed by atoms with Crippen LogP contribution in [-0.2, 0) is 6.54 Å². The number of phenolic OH excluding ortho intramolecular Hbond substituents is 1. The van der Waals surface area contributed by atoms with Gasteiger partial charge in [-0.05, 0) is 35.9 Å². The third kappa shape index (κ3) is 3.58. The first-order valence-corrected chi connectivity index (χ1v) is 6.64. The highest BCUT2D eigenvalue weighted by Crippen LogP contribution is 2.16. The molecule has 0 aliphatic heterocycles. The minimum atomic E-state index is -0.0513. The number of carbonyl (C=O) groups excluding carboxylic acids is 1. The van der Waals surface area contributed by atoms with Crippen LogP contribution in [0.1, 0.15) is 15.9 Å². The topological polar surface area (TPSA) is 40.5 Å². The van der Waals surface area contributed by atoms with Crippen molar-refractivity contribution in [3.8, 4) is 5.75 Å². The summed E-state index contributed by atoms with van der Waals surface area (Å²) in [6.45, 7) is 0.458. The number of nitrogens with zero attached hydrogens (tertiary/aromatic N) is 1. The fourth-order valence-electron chi connectivity index (χ4n) is 1.84. The van der Waals surface area contributed by atoms with E-state index in [1.165, 1.54) is 0 Å². The average molecular weight is 320 g/mol. The zero-order valence-electron chi connectivity index (χ0n) is 10.5. The number of carbonyl (C=O) groups is 1. The molecule has 19 heavy (non-hydrogen) atoms. The van der Waals surface area contributed by atoms with Gasteiger partial charge in [0.05, 0.1) is 0 Å². The van der Waals surface area contributed by atoms with Crippen molar-refractivity contribution in [3.05, 3.63) is 64.1 Å². The Kier molecular flexibility index (Phi) is 4.22. The molecule has 0 saturated heterocycles. The number of aromatic hydroxyl groups is 1. The quantitative estimate of drug-likeness (QED) is 0.941. The molecular weight excluding hydrogens is 306 g/mol. The van der Waals surface area contributed by atoms with E-state index in [-0.39, 0.29) is 11.7 Å². The van der Waals surface area contributed by atoms with Gasteiger partial charge in [-0.25, -0.2) is 0 Å². The Hall–Kier alpha value is -1.81. The molecule has 1 N–H and O–H groups in total. The Balaban J connectivity index is 2.12. The Morgan fingerprint density at radius 2 is 1.95 bits per heavy atom. The van der Waals surface area contributed by atoms with Crippen LogP contribution in [-0.4, -0.2) is 23.0 Å². The maximum atomic E-state index is 12.2. The highest BCUT2D eigenvalue weighted by atomic mass is 79.9. The summed E-state index contributed by atoms with van der Waals surface area (Å²) in [5.74, 6) is 0.158. The molecule has 0 bridgehead atoms. The molecule has 0 spiro atoms. The number of benzene rings is 2. The molecule has 0 aromatic heterocycles. The summed E-state index contributed by atoms with van der Waals surface area (Å²) >= 11 is 3.35. The molecule has 2 aromatic rings. The fourth-order valence-corrected chi connectivity index (χ4v) is 2.24. The van der Waals surface area contributed by atoms with Crippen LogP contribution < -0.4 is 0 Å². The summed E-state index contributed by atoms with van der Waals surface area (Å²) in [6, 6.07) is 14.2. The predicted octanol–water partition coefficient (Wildman–Crippen LogP) is 3.43. The van der Waals surface area contributed by atoms with Gasteiger partial charge in [0.25, 0.3) is 5.91 Å². The molecular formula is C15H14BrNO2. The van der Waals surface area contributed by atoms with Crippen molar-refractivity contribution >= 4 is 21.8 Å². The fraction of sp³-hybridized carbons (Fsp3) is 0.133. The van der Waals surface area contributed by atoms with Gasteiger partial charge in [0.1, 0.15) is 5.75 Å². The lowest BCUT2D eigenvalue weighted by Crippen LogP contribution is -2.26. The molecule has 0 aliphatic carbocycles. The first kappa shape index (κ1) is 13.6. The number of phenols is 1. The summed E-state index contributed by atoms with van der Waals surface area (Å²) in [5, 5.41) is 9.41. The largest absolute Gasteiger partial charge is 0.508 e. The van der Waals surface area contributed by atoms with Crippen LogP contribution in [0.3, 0.4) is 0 Å². The van der Waals surface area contributed by atoms with Crippen LogP contribution >= 0.6 is 15.9 Å². The molecule has 4 heteroatoms. The van der Waals surface area contributed by atoms with Crippen LogP contribution in [0.2, 0.25) is 0 Å². The molecule has 0 aliphatic rings. The minimum Gasteiger partial charge on any atom is -0.508 e. The second-order valence-corrected chi connectivity index (χ2v) is 5.26. The van der Waals surface area contributed by atoms with Crippen molar-refractivity contribution in [2.75, 3.05) is 7.05 Å². The van der Waals surface area contributed by atoms with Crippen molar-refractivity contribution < 1.29 is 9.90 Å². The van der Waals surface area contributed by atoms with Crippen molar-refractivity contribution in [1.29, 1.82) is 0 Å². The van der Waals surface area contributed by atoms with Gasteiger partial charge < -0.3 is 10.0 Å². The third-order valence-electron chi connectivity index (χ3n) is 2.75. The SMILES string of the molecule is CN(Cc1cccc(O)c1)C(=O)c1cccc(Br)c1. The van der Waals surface area contributed by atoms with Gasteiger partial charge in [-0.2, -0.15) is 0 Å². The Morgan fingerprint density at radius 1 is 1.21 bits per heavy atom. The van der Waals surface area contributed by atoms with E-state index in [4.69, 9.17) is 0 Å². The third-order valence-corrected chi connectivity index (χ3v) is 3.24. The van der Waals surface area contributed by atoms with Gasteiger partial charge in [0, 0.05) is 23.6 Å². The zero-order valence-corrected chi connectivity index (χ0v) is 12.1. The number of hydrogen-bond donors (Lipinski definition) is 1. The van der Waals surface area contributed by atoms with E-state index in [0.717, 1.165) is 10.0 Å². The lowest BCUT2D eigenvalue weighted by Gasteiger charge is -2.17. The van der Waals surface area contributed by atoms with Crippen molar-refractivity contribution in [2.45, 2.75) is 6.54 Å². The molecule has 0 saturated carbocycles. The van der Waals surface area contributed by atoms with Gasteiger partial charge in [-0.1, -0.05) is 34.1 Å². The van der Waals surface area contributed by atoms with E-state index in [0.29, 0.717) is 12.1 Å². The summed E-state index contributed by atoms with van der Waals surface area (Å²) in [5.41, 5.74) is 1.53. The van der Waals surface area contributed by atoms with Gasteiger partial charge in [0.2, 0.25) is 0 Å². The number of halogens is 1. The Morgan fingerprint density at radius 3 is 2.63 bits per heavy atom. The first-order valence-electron chi connectivity index (χ1n) is 5.85. The van der Waals surface area contributed by atoms with E-state index in [1.807, 2.05) is 18.2 Å². The van der Waals surface area contributed by atoms with Crippen LogP contribution in [0.15, 0.2) is 53.0 Å². The number of rotatable bonds is 3. The first-order chi connectivity index (χ1) is 9.06. The molecule has 0 fully saturated rings. The summed E-state index contributed by atoms with van der Waals surface area (Å²) < 4.78 is 0.879. The summed E-state index contributed by atoms with van der Waals surface area (Å²) in [6.07, 6.45) is 0. The van der Waals surface area contributed by atoms with Crippen molar-refractivity contribution in [2.24, 2.45) is 0 Å². The number of hydrogen-bond acceptors (Lipinski definition) is 2. The van der Waals surface area contributed by atoms with E-state index in [9.17, 15) is 9.90 Å². The number of amides is 1. The van der Waals surface area contributed by atoms with E-state index >= 15 is 0 Å². The smallest absolute Gasteiger partial charge is 0.253 e. The summed E-state index contributed by atoms with van der Waals surface area (Å²) in [4.78, 5) is 13.9. The van der Waals surface area contributed by atoms with Gasteiger partial charge in [-0.15, -0.1) is 0 Å². The molecule has 3 nitrogen and oxygen atoms in total. The molecule has 0 radical (unpaired) electrons. The average Bonchev–Trinajstić information content (AvgIpc) is 2.38. The standard InChI is InChI=1S/C15H14BrNO2/c1-17(10-11-4-2-7-14(18)8-11)15(19)12-5-3-6-13(16)9-12/h2-9,18H,10H2,1H3. The van der Waals surface area contributed by atoms with Crippen molar-refractivity contribution in [3.63, 3.8) is 0 Å². The summed E-state index contributed by atoms with van der Waals surface area (Å²) in [7, 11) is 1.74. The Labute approximate surface area is 120 Å². The van der Waals surface area contributed by atoms with Crippen LogP contribution in [0.5, 0.6) is 5.75 Å². The second kappa shape index (κ2) is 5.89. The van der Waals surface area contributed by atoms with E-state index < -0.39 is 0 Å². The zero-order chi connectivity index (χ0) is 13.8. The minimum absolute atomic E-state index is 0.0513. The Bertz CT molecular complexity index is 598. The lowest BCUT2D eigenvalue weighted by atomic mass is 10.1. The molecule has 1 amide bonds. The van der Waals surface area contributed by atoms with Crippen molar-refractivity contribution in [1.82, 2.24) is 4.90 Å². The normalized spacial score (nSPS) is 10.2. The van der Waals surface area contributed by atoms with Gasteiger partial charge >= 0.3 is 0 Å². The van der Waals surface area contributed by atoms with E-state index in [1.54, 1.807) is 42.3 Å². The molecule has 2 rings (SSSR count). The molecule has 98 valence electrons. The molecule has 2 aromatic carbocycles. The van der Waals surface area contributed by atoms with Gasteiger partial charge in [-0.3, -0.25) is 4.79 Å². The molecule has 0 heterocycles. The van der Waals surface area contributed by atoms with Gasteiger partial charge in [0.15, 0.2) is 0 Å². The van der Waals surface area contributed by atoms with Crippen LogP contribution in [0.25, 0.3) is 0 Å². The van der Waals surface area contributed by atoms with Crippen LogP contribution in [0.4, 0.5) is 0 Å². The molecule has 0 atom stereocenters. The monoisotopic (exact) mass is 319 g/mol. The maximum Gasteiger partial charge on any atom is 0.253 e. The highest BCUT2D eigenvalue weighted by Gasteiger charge is 2.12. The second-order valence-electron chi connectivity index (χ2n) is 4.34. The predicted molar refractivity (Wildman–Crippen MR) is 78.0 cm³/mol. The van der Waals surface area contributed by atoms with E-state index in [2.05, 4.69) is 15.9 Å². The molecule has 0 unspecified atom stereocenters. The lowest BCUT2D eigenvalue weighted by molar-refractivity contribution is 0.0785.